The highest BCUT2D eigenvalue weighted by Gasteiger charge is 2.09. The molecule has 2 aromatic heterocycles. The van der Waals surface area contributed by atoms with Gasteiger partial charge < -0.3 is 0 Å². The van der Waals surface area contributed by atoms with E-state index < -0.39 is 0 Å². The fourth-order valence-corrected chi connectivity index (χ4v) is 1.93. The number of rotatable bonds is 4. The lowest BCUT2D eigenvalue weighted by atomic mass is 9.98. The van der Waals surface area contributed by atoms with Gasteiger partial charge in [0.15, 0.2) is 0 Å². The number of nitrogens with one attached hydrogen (secondary N) is 1. The summed E-state index contributed by atoms with van der Waals surface area (Å²) in [5.74, 6) is 0.558. The molecule has 18 heavy (non-hydrogen) atoms. The van der Waals surface area contributed by atoms with Crippen molar-refractivity contribution >= 4 is 0 Å². The molecule has 2 aromatic rings. The molecule has 0 saturated heterocycles. The summed E-state index contributed by atoms with van der Waals surface area (Å²) in [7, 11) is 0. The van der Waals surface area contributed by atoms with Gasteiger partial charge in [0, 0.05) is 17.8 Å². The van der Waals surface area contributed by atoms with Crippen molar-refractivity contribution in [3.63, 3.8) is 0 Å². The van der Waals surface area contributed by atoms with Crippen LogP contribution in [0.2, 0.25) is 0 Å². The zero-order chi connectivity index (χ0) is 13.4. The Hall–Kier alpha value is -1.64. The van der Waals surface area contributed by atoms with Crippen LogP contribution in [0.25, 0.3) is 11.4 Å². The molecule has 0 aliphatic heterocycles. The SMILES string of the molecule is CC.CCC(CC)c1cccc(-c2ccn[nH]2)n1. The molecule has 0 aromatic carbocycles. The molecule has 0 amide bonds. The van der Waals surface area contributed by atoms with Gasteiger partial charge in [0.1, 0.15) is 0 Å². The van der Waals surface area contributed by atoms with Crippen molar-refractivity contribution in [3.05, 3.63) is 36.2 Å². The normalized spacial score (nSPS) is 10.1. The number of hydrogen-bond acceptors (Lipinski definition) is 2. The van der Waals surface area contributed by atoms with Crippen LogP contribution >= 0.6 is 0 Å². The first kappa shape index (κ1) is 14.4. The van der Waals surface area contributed by atoms with Crippen LogP contribution in [0.4, 0.5) is 0 Å². The van der Waals surface area contributed by atoms with Crippen LogP contribution in [0.15, 0.2) is 30.5 Å². The van der Waals surface area contributed by atoms with Gasteiger partial charge in [-0.05, 0) is 31.0 Å². The Morgan fingerprint density at radius 1 is 1.11 bits per heavy atom. The summed E-state index contributed by atoms with van der Waals surface area (Å²) >= 11 is 0. The average Bonchev–Trinajstić information content (AvgIpc) is 2.97. The molecule has 0 atom stereocenters. The molecule has 1 N–H and O–H groups in total. The lowest BCUT2D eigenvalue weighted by Crippen LogP contribution is -1.99. The lowest BCUT2D eigenvalue weighted by molar-refractivity contribution is 0.624. The molecule has 0 spiro atoms. The monoisotopic (exact) mass is 245 g/mol. The van der Waals surface area contributed by atoms with Crippen LogP contribution in [-0.4, -0.2) is 15.2 Å². The van der Waals surface area contributed by atoms with E-state index in [-0.39, 0.29) is 0 Å². The molecule has 0 aliphatic carbocycles. The molecule has 0 aliphatic rings. The molecule has 0 fully saturated rings. The van der Waals surface area contributed by atoms with E-state index >= 15 is 0 Å². The van der Waals surface area contributed by atoms with E-state index in [1.54, 1.807) is 6.20 Å². The van der Waals surface area contributed by atoms with Crippen molar-refractivity contribution in [1.29, 1.82) is 0 Å². The second-order valence-electron chi connectivity index (χ2n) is 3.93. The van der Waals surface area contributed by atoms with Gasteiger partial charge >= 0.3 is 0 Å². The van der Waals surface area contributed by atoms with Crippen LogP contribution in [0.3, 0.4) is 0 Å². The maximum atomic E-state index is 4.69. The summed E-state index contributed by atoms with van der Waals surface area (Å²) in [5, 5.41) is 6.89. The Labute approximate surface area is 110 Å². The standard InChI is InChI=1S/C13H17N3.C2H6/c1-3-10(4-2)11-6-5-7-12(15-11)13-8-9-14-16-13;1-2/h5-10H,3-4H2,1-2H3,(H,14,16);1-2H3. The van der Waals surface area contributed by atoms with Crippen LogP contribution in [0.5, 0.6) is 0 Å². The highest BCUT2D eigenvalue weighted by atomic mass is 15.1. The first-order valence-corrected chi connectivity index (χ1v) is 6.81. The minimum atomic E-state index is 0.558. The van der Waals surface area contributed by atoms with Gasteiger partial charge in [0.05, 0.1) is 11.4 Å². The zero-order valence-electron chi connectivity index (χ0n) is 11.8. The summed E-state index contributed by atoms with van der Waals surface area (Å²) in [6.07, 6.45) is 4.02. The van der Waals surface area contributed by atoms with Gasteiger partial charge in [-0.25, -0.2) is 0 Å². The van der Waals surface area contributed by atoms with Crippen LogP contribution in [-0.2, 0) is 0 Å². The molecular weight excluding hydrogens is 222 g/mol. The predicted molar refractivity (Wildman–Crippen MR) is 76.5 cm³/mol. The minimum absolute atomic E-state index is 0.558. The first-order chi connectivity index (χ1) is 8.85. The molecular formula is C15H23N3. The Morgan fingerprint density at radius 3 is 2.39 bits per heavy atom. The zero-order valence-corrected chi connectivity index (χ0v) is 11.8. The molecule has 0 saturated carbocycles. The molecule has 0 bridgehead atoms. The quantitative estimate of drug-likeness (QED) is 0.867. The van der Waals surface area contributed by atoms with Crippen molar-refractivity contribution in [3.8, 4) is 11.4 Å². The summed E-state index contributed by atoms with van der Waals surface area (Å²) in [6.45, 7) is 8.41. The largest absolute Gasteiger partial charge is 0.276 e. The van der Waals surface area contributed by atoms with E-state index in [4.69, 9.17) is 0 Å². The highest BCUT2D eigenvalue weighted by molar-refractivity contribution is 5.53. The fourth-order valence-electron chi connectivity index (χ4n) is 1.93. The summed E-state index contributed by atoms with van der Waals surface area (Å²) in [5.41, 5.74) is 3.13. The van der Waals surface area contributed by atoms with Gasteiger partial charge in [-0.2, -0.15) is 5.10 Å². The third-order valence-corrected chi connectivity index (χ3v) is 2.95. The summed E-state index contributed by atoms with van der Waals surface area (Å²) < 4.78 is 0. The fraction of sp³-hybridized carbons (Fsp3) is 0.467. The minimum Gasteiger partial charge on any atom is -0.276 e. The van der Waals surface area contributed by atoms with Gasteiger partial charge in [0.2, 0.25) is 0 Å². The maximum Gasteiger partial charge on any atom is 0.0883 e. The van der Waals surface area contributed by atoms with E-state index in [1.807, 2.05) is 26.0 Å². The van der Waals surface area contributed by atoms with Crippen molar-refractivity contribution < 1.29 is 0 Å². The number of nitrogens with zero attached hydrogens (tertiary/aromatic N) is 2. The van der Waals surface area contributed by atoms with Gasteiger partial charge in [-0.3, -0.25) is 10.1 Å². The van der Waals surface area contributed by atoms with Crippen LogP contribution in [0.1, 0.15) is 52.1 Å². The molecule has 3 nitrogen and oxygen atoms in total. The summed E-state index contributed by atoms with van der Waals surface area (Å²) in [6, 6.07) is 8.13. The van der Waals surface area contributed by atoms with Crippen LogP contribution < -0.4 is 0 Å². The molecule has 98 valence electrons. The number of aromatic amines is 1. The predicted octanol–water partition coefficient (Wildman–Crippen LogP) is 4.40. The Morgan fingerprint density at radius 2 is 1.83 bits per heavy atom. The van der Waals surface area contributed by atoms with E-state index in [9.17, 15) is 0 Å². The topological polar surface area (TPSA) is 41.6 Å². The van der Waals surface area contributed by atoms with E-state index in [0.29, 0.717) is 5.92 Å². The van der Waals surface area contributed by atoms with Crippen molar-refractivity contribution in [2.45, 2.75) is 46.5 Å². The number of H-pyrrole nitrogens is 1. The molecule has 2 heterocycles. The van der Waals surface area contributed by atoms with Gasteiger partial charge in [-0.15, -0.1) is 0 Å². The van der Waals surface area contributed by atoms with Gasteiger partial charge in [-0.1, -0.05) is 33.8 Å². The second kappa shape index (κ2) is 7.64. The first-order valence-electron chi connectivity index (χ1n) is 6.81. The van der Waals surface area contributed by atoms with Crippen LogP contribution in [0, 0.1) is 0 Å². The molecule has 0 unspecified atom stereocenters. The van der Waals surface area contributed by atoms with E-state index in [0.717, 1.165) is 24.2 Å². The molecule has 0 radical (unpaired) electrons. The summed E-state index contributed by atoms with van der Waals surface area (Å²) in [4.78, 5) is 4.69. The third-order valence-electron chi connectivity index (χ3n) is 2.95. The van der Waals surface area contributed by atoms with E-state index in [2.05, 4.69) is 41.2 Å². The molecule has 3 heteroatoms. The second-order valence-corrected chi connectivity index (χ2v) is 3.93. The van der Waals surface area contributed by atoms with Gasteiger partial charge in [0.25, 0.3) is 0 Å². The van der Waals surface area contributed by atoms with Crippen molar-refractivity contribution in [2.24, 2.45) is 0 Å². The smallest absolute Gasteiger partial charge is 0.0883 e. The number of aromatic nitrogens is 3. The highest BCUT2D eigenvalue weighted by Crippen LogP contribution is 2.23. The number of pyridine rings is 1. The van der Waals surface area contributed by atoms with Crippen molar-refractivity contribution in [1.82, 2.24) is 15.2 Å². The lowest BCUT2D eigenvalue weighted by Gasteiger charge is -2.12. The molecule has 2 rings (SSSR count). The Kier molecular flexibility index (Phi) is 6.12. The number of hydrogen-bond donors (Lipinski definition) is 1. The maximum absolute atomic E-state index is 4.69. The van der Waals surface area contributed by atoms with Crippen molar-refractivity contribution in [2.75, 3.05) is 0 Å². The third kappa shape index (κ3) is 3.42. The Balaban J connectivity index is 0.000000771. The Bertz CT molecular complexity index is 431. The van der Waals surface area contributed by atoms with E-state index in [1.165, 1.54) is 5.69 Å². The average molecular weight is 245 g/mol.